The van der Waals surface area contributed by atoms with Crippen LogP contribution in [0, 0.1) is 0 Å². The molecule has 2 fully saturated rings. The van der Waals surface area contributed by atoms with Crippen LogP contribution in [0.1, 0.15) is 49.7 Å². The Morgan fingerprint density at radius 3 is 2.32 bits per heavy atom. The van der Waals surface area contributed by atoms with Crippen LogP contribution in [0.3, 0.4) is 0 Å². The molecule has 1 aromatic carbocycles. The number of guanidine groups is 1. The van der Waals surface area contributed by atoms with Crippen LogP contribution in [0.4, 0.5) is 0 Å². The minimum atomic E-state index is 0. The average molecular weight is 544 g/mol. The summed E-state index contributed by atoms with van der Waals surface area (Å²) < 4.78 is 5.20. The Labute approximate surface area is 206 Å². The fourth-order valence-corrected chi connectivity index (χ4v) is 4.51. The van der Waals surface area contributed by atoms with Gasteiger partial charge < -0.3 is 20.3 Å². The highest BCUT2D eigenvalue weighted by Gasteiger charge is 2.19. The number of ether oxygens (including phenoxy) is 1. The van der Waals surface area contributed by atoms with Crippen LogP contribution in [0.2, 0.25) is 0 Å². The van der Waals surface area contributed by atoms with E-state index in [0.29, 0.717) is 6.04 Å². The molecule has 3 rings (SSSR count). The molecule has 2 aliphatic heterocycles. The van der Waals surface area contributed by atoms with Crippen LogP contribution in [0.15, 0.2) is 29.3 Å². The predicted octanol–water partition coefficient (Wildman–Crippen LogP) is 3.46. The third-order valence-electron chi connectivity index (χ3n) is 6.42. The molecule has 7 heteroatoms. The van der Waals surface area contributed by atoms with Gasteiger partial charge in [-0.25, -0.2) is 0 Å². The lowest BCUT2D eigenvalue weighted by atomic mass is 10.1. The number of halogens is 1. The monoisotopic (exact) mass is 543 g/mol. The lowest BCUT2D eigenvalue weighted by Crippen LogP contribution is -2.49. The maximum atomic E-state index is 5.20. The van der Waals surface area contributed by atoms with Gasteiger partial charge in [0, 0.05) is 52.9 Å². The summed E-state index contributed by atoms with van der Waals surface area (Å²) in [4.78, 5) is 9.58. The molecule has 176 valence electrons. The van der Waals surface area contributed by atoms with Crippen molar-refractivity contribution in [2.75, 3.05) is 53.5 Å². The van der Waals surface area contributed by atoms with E-state index in [2.05, 4.69) is 49.7 Å². The van der Waals surface area contributed by atoms with Gasteiger partial charge in [-0.1, -0.05) is 37.1 Å². The van der Waals surface area contributed by atoms with Crippen LogP contribution < -0.4 is 10.6 Å². The summed E-state index contributed by atoms with van der Waals surface area (Å²) in [5, 5.41) is 7.19. The van der Waals surface area contributed by atoms with E-state index in [9.17, 15) is 0 Å². The normalized spacial score (nSPS) is 19.5. The van der Waals surface area contributed by atoms with Gasteiger partial charge in [0.2, 0.25) is 0 Å². The van der Waals surface area contributed by atoms with E-state index in [1.165, 1.54) is 49.9 Å². The minimum Gasteiger partial charge on any atom is -0.383 e. The van der Waals surface area contributed by atoms with Crippen molar-refractivity contribution in [3.8, 4) is 0 Å². The van der Waals surface area contributed by atoms with Crippen molar-refractivity contribution < 1.29 is 4.74 Å². The van der Waals surface area contributed by atoms with E-state index in [0.717, 1.165) is 58.1 Å². The standard InChI is InChI=1S/C24H41N5O.HI/c1-25-24(27-23-11-15-28(16-12-23)17-18-30-2)26-19-21-9-5-6-10-22(21)20-29-13-7-3-4-8-14-29;/h5-6,9-10,23H,3-4,7-8,11-20H2,1-2H3,(H2,25,26,27);1H. The number of hydrogen-bond acceptors (Lipinski definition) is 4. The third-order valence-corrected chi connectivity index (χ3v) is 6.42. The predicted molar refractivity (Wildman–Crippen MR) is 140 cm³/mol. The summed E-state index contributed by atoms with van der Waals surface area (Å²) in [6.07, 6.45) is 7.73. The minimum absolute atomic E-state index is 0. The first-order chi connectivity index (χ1) is 14.8. The molecule has 0 spiro atoms. The van der Waals surface area contributed by atoms with Crippen molar-refractivity contribution in [2.24, 2.45) is 4.99 Å². The van der Waals surface area contributed by atoms with Gasteiger partial charge in [-0.05, 0) is 49.9 Å². The molecule has 2 saturated heterocycles. The maximum Gasteiger partial charge on any atom is 0.191 e. The molecule has 31 heavy (non-hydrogen) atoms. The molecule has 0 amide bonds. The molecule has 2 heterocycles. The first-order valence-electron chi connectivity index (χ1n) is 11.8. The molecule has 0 unspecified atom stereocenters. The molecule has 2 N–H and O–H groups in total. The van der Waals surface area contributed by atoms with Gasteiger partial charge in [-0.3, -0.25) is 9.89 Å². The summed E-state index contributed by atoms with van der Waals surface area (Å²) in [5.74, 6) is 0.912. The Hall–Kier alpha value is -0.900. The number of methoxy groups -OCH3 is 1. The van der Waals surface area contributed by atoms with Crippen LogP contribution in [0.5, 0.6) is 0 Å². The van der Waals surface area contributed by atoms with Gasteiger partial charge in [0.15, 0.2) is 5.96 Å². The highest BCUT2D eigenvalue weighted by atomic mass is 127. The second-order valence-corrected chi connectivity index (χ2v) is 8.64. The molecule has 0 atom stereocenters. The number of nitrogens with zero attached hydrogens (tertiary/aromatic N) is 3. The Kier molecular flexibility index (Phi) is 12.8. The van der Waals surface area contributed by atoms with Crippen molar-refractivity contribution in [2.45, 2.75) is 57.7 Å². The van der Waals surface area contributed by atoms with Crippen LogP contribution in [-0.2, 0) is 17.8 Å². The molecule has 0 aromatic heterocycles. The lowest BCUT2D eigenvalue weighted by molar-refractivity contribution is 0.128. The van der Waals surface area contributed by atoms with Gasteiger partial charge in [-0.15, -0.1) is 24.0 Å². The second kappa shape index (κ2) is 15.0. The van der Waals surface area contributed by atoms with E-state index in [1.807, 2.05) is 7.05 Å². The van der Waals surface area contributed by atoms with Gasteiger partial charge in [0.05, 0.1) is 6.61 Å². The zero-order valence-electron chi connectivity index (χ0n) is 19.4. The number of hydrogen-bond donors (Lipinski definition) is 2. The highest BCUT2D eigenvalue weighted by molar-refractivity contribution is 14.0. The summed E-state index contributed by atoms with van der Waals surface area (Å²) >= 11 is 0. The molecule has 0 aliphatic carbocycles. The Bertz CT molecular complexity index is 641. The maximum absolute atomic E-state index is 5.20. The fraction of sp³-hybridized carbons (Fsp3) is 0.708. The van der Waals surface area contributed by atoms with E-state index in [-0.39, 0.29) is 24.0 Å². The van der Waals surface area contributed by atoms with Gasteiger partial charge >= 0.3 is 0 Å². The first-order valence-corrected chi connectivity index (χ1v) is 11.8. The average Bonchev–Trinajstić information content (AvgIpc) is 3.05. The topological polar surface area (TPSA) is 52.1 Å². The van der Waals surface area contributed by atoms with E-state index in [4.69, 9.17) is 4.74 Å². The Morgan fingerprint density at radius 1 is 1.00 bits per heavy atom. The van der Waals surface area contributed by atoms with Gasteiger partial charge in [-0.2, -0.15) is 0 Å². The molecular weight excluding hydrogens is 501 g/mol. The number of likely N-dealkylation sites (tertiary alicyclic amines) is 2. The zero-order valence-corrected chi connectivity index (χ0v) is 21.8. The van der Waals surface area contributed by atoms with Crippen molar-refractivity contribution in [3.05, 3.63) is 35.4 Å². The van der Waals surface area contributed by atoms with Crippen molar-refractivity contribution in [3.63, 3.8) is 0 Å². The second-order valence-electron chi connectivity index (χ2n) is 8.64. The van der Waals surface area contributed by atoms with Gasteiger partial charge in [0.25, 0.3) is 0 Å². The molecule has 1 aromatic rings. The Morgan fingerprint density at radius 2 is 1.68 bits per heavy atom. The number of aliphatic imine (C=N–C) groups is 1. The zero-order chi connectivity index (χ0) is 21.0. The molecular formula is C24H42IN5O. The molecule has 6 nitrogen and oxygen atoms in total. The van der Waals surface area contributed by atoms with Crippen LogP contribution >= 0.6 is 24.0 Å². The number of piperidine rings is 1. The lowest BCUT2D eigenvalue weighted by Gasteiger charge is -2.32. The van der Waals surface area contributed by atoms with Crippen LogP contribution in [0.25, 0.3) is 0 Å². The summed E-state index contributed by atoms with van der Waals surface area (Å²) in [7, 11) is 3.64. The third kappa shape index (κ3) is 9.24. The number of nitrogens with one attached hydrogen (secondary N) is 2. The van der Waals surface area contributed by atoms with E-state index < -0.39 is 0 Å². The van der Waals surface area contributed by atoms with Crippen molar-refractivity contribution >= 4 is 29.9 Å². The molecule has 2 aliphatic rings. The first kappa shape index (κ1) is 26.4. The highest BCUT2D eigenvalue weighted by Crippen LogP contribution is 2.16. The number of rotatable bonds is 8. The molecule has 0 radical (unpaired) electrons. The largest absolute Gasteiger partial charge is 0.383 e. The van der Waals surface area contributed by atoms with Crippen molar-refractivity contribution in [1.82, 2.24) is 20.4 Å². The Balaban J connectivity index is 0.00000341. The van der Waals surface area contributed by atoms with E-state index in [1.54, 1.807) is 7.11 Å². The fourth-order valence-electron chi connectivity index (χ4n) is 4.51. The van der Waals surface area contributed by atoms with Crippen LogP contribution in [-0.4, -0.2) is 75.3 Å². The smallest absolute Gasteiger partial charge is 0.191 e. The summed E-state index contributed by atoms with van der Waals surface area (Å²) in [6, 6.07) is 9.34. The molecule has 0 saturated carbocycles. The van der Waals surface area contributed by atoms with Gasteiger partial charge in [0.1, 0.15) is 0 Å². The van der Waals surface area contributed by atoms with E-state index >= 15 is 0 Å². The summed E-state index contributed by atoms with van der Waals surface area (Å²) in [5.41, 5.74) is 2.81. The van der Waals surface area contributed by atoms with Crippen molar-refractivity contribution in [1.29, 1.82) is 0 Å². The quantitative estimate of drug-likeness (QED) is 0.299. The number of benzene rings is 1. The SMILES string of the molecule is CN=C(NCc1ccccc1CN1CCCCCC1)NC1CCN(CCOC)CC1.I. The summed E-state index contributed by atoms with van der Waals surface area (Å²) in [6.45, 7) is 8.43. The molecule has 0 bridgehead atoms.